The molecule has 7 heteroatoms. The predicted molar refractivity (Wildman–Crippen MR) is 103 cm³/mol. The minimum atomic E-state index is -0.227. The van der Waals surface area contributed by atoms with E-state index < -0.39 is 0 Å². The van der Waals surface area contributed by atoms with Crippen molar-refractivity contribution in [1.29, 1.82) is 0 Å². The summed E-state index contributed by atoms with van der Waals surface area (Å²) in [5.41, 5.74) is 1.23. The van der Waals surface area contributed by atoms with Crippen molar-refractivity contribution in [2.45, 2.75) is 46.0 Å². The number of nitrogens with zero attached hydrogens (tertiary/aromatic N) is 2. The summed E-state index contributed by atoms with van der Waals surface area (Å²) in [5, 5.41) is 15.3. The molecule has 2 amide bonds. The number of carbonyl (C=O) groups is 2. The first-order valence-electron chi connectivity index (χ1n) is 9.11. The van der Waals surface area contributed by atoms with Gasteiger partial charge in [-0.25, -0.2) is 0 Å². The van der Waals surface area contributed by atoms with E-state index >= 15 is 0 Å². The van der Waals surface area contributed by atoms with E-state index in [9.17, 15) is 9.59 Å². The molecular weight excluding hydrogens is 348 g/mol. The Morgan fingerprint density at radius 2 is 1.88 bits per heavy atom. The van der Waals surface area contributed by atoms with Crippen molar-refractivity contribution in [3.63, 3.8) is 0 Å². The second-order valence-electron chi connectivity index (χ2n) is 6.80. The van der Waals surface area contributed by atoms with Crippen molar-refractivity contribution in [3.05, 3.63) is 34.8 Å². The quantitative estimate of drug-likeness (QED) is 0.683. The van der Waals surface area contributed by atoms with Crippen LogP contribution in [0.1, 0.15) is 54.9 Å². The molecular formula is C19H24N4O2S. The van der Waals surface area contributed by atoms with Crippen molar-refractivity contribution in [1.82, 2.24) is 10.2 Å². The number of anilines is 2. The Bertz CT molecular complexity index is 772. The number of unbranched alkanes of at least 4 members (excludes halogenated alkanes) is 2. The molecule has 6 nitrogen and oxygen atoms in total. The van der Waals surface area contributed by atoms with Crippen molar-refractivity contribution in [2.75, 3.05) is 10.6 Å². The maximum Gasteiger partial charge on any atom is 0.257 e. The molecule has 138 valence electrons. The zero-order chi connectivity index (χ0) is 18.5. The Morgan fingerprint density at radius 3 is 2.54 bits per heavy atom. The summed E-state index contributed by atoms with van der Waals surface area (Å²) >= 11 is 1.42. The first kappa shape index (κ1) is 18.5. The molecule has 2 unspecified atom stereocenters. The topological polar surface area (TPSA) is 84.0 Å². The number of amides is 2. The van der Waals surface area contributed by atoms with Crippen LogP contribution >= 0.6 is 11.3 Å². The first-order chi connectivity index (χ1) is 12.6. The third-order valence-electron chi connectivity index (χ3n) is 4.54. The molecule has 1 heterocycles. The largest absolute Gasteiger partial charge is 0.326 e. The monoisotopic (exact) mass is 372 g/mol. The Kier molecular flexibility index (Phi) is 5.98. The van der Waals surface area contributed by atoms with Crippen LogP contribution in [0.3, 0.4) is 0 Å². The van der Waals surface area contributed by atoms with Gasteiger partial charge in [0.15, 0.2) is 0 Å². The van der Waals surface area contributed by atoms with Crippen LogP contribution in [0.4, 0.5) is 10.8 Å². The van der Waals surface area contributed by atoms with E-state index in [1.54, 1.807) is 24.3 Å². The summed E-state index contributed by atoms with van der Waals surface area (Å²) in [6, 6.07) is 6.89. The second kappa shape index (κ2) is 8.40. The van der Waals surface area contributed by atoms with Crippen molar-refractivity contribution >= 4 is 34.0 Å². The summed E-state index contributed by atoms with van der Waals surface area (Å²) < 4.78 is 0. The number of hydrogen-bond donors (Lipinski definition) is 2. The molecule has 1 aromatic carbocycles. The molecule has 1 fully saturated rings. The number of benzene rings is 1. The minimum Gasteiger partial charge on any atom is -0.326 e. The van der Waals surface area contributed by atoms with Crippen molar-refractivity contribution in [2.24, 2.45) is 11.8 Å². The lowest BCUT2D eigenvalue weighted by molar-refractivity contribution is -0.117. The fourth-order valence-corrected chi connectivity index (χ4v) is 3.50. The molecule has 26 heavy (non-hydrogen) atoms. The Balaban J connectivity index is 1.52. The van der Waals surface area contributed by atoms with Gasteiger partial charge in [0, 0.05) is 23.6 Å². The average molecular weight is 372 g/mol. The standard InChI is InChI=1S/C19H24N4O2S/c1-3-4-5-6-16-22-23-19(26-16)21-17(24)13-7-9-14(10-8-13)20-18(25)15-11-12(15)2/h7-10,12,15H,3-6,11H2,1-2H3,(H,20,25)(H,21,23,24). The molecule has 0 bridgehead atoms. The zero-order valence-corrected chi connectivity index (χ0v) is 15.9. The van der Waals surface area contributed by atoms with E-state index in [-0.39, 0.29) is 17.7 Å². The van der Waals surface area contributed by atoms with Gasteiger partial charge in [-0.3, -0.25) is 14.9 Å². The van der Waals surface area contributed by atoms with Gasteiger partial charge in [0.1, 0.15) is 5.01 Å². The van der Waals surface area contributed by atoms with Crippen LogP contribution in [-0.2, 0) is 11.2 Å². The third kappa shape index (κ3) is 4.88. The smallest absolute Gasteiger partial charge is 0.257 e. The highest BCUT2D eigenvalue weighted by Gasteiger charge is 2.39. The lowest BCUT2D eigenvalue weighted by atomic mass is 10.2. The molecule has 0 spiro atoms. The number of rotatable bonds is 8. The normalized spacial score (nSPS) is 18.4. The summed E-state index contributed by atoms with van der Waals surface area (Å²) in [6.45, 7) is 4.23. The lowest BCUT2D eigenvalue weighted by Gasteiger charge is -2.06. The summed E-state index contributed by atoms with van der Waals surface area (Å²) in [4.78, 5) is 24.3. The van der Waals surface area contributed by atoms with E-state index in [2.05, 4.69) is 34.7 Å². The minimum absolute atomic E-state index is 0.0548. The molecule has 1 aliphatic rings. The van der Waals surface area contributed by atoms with Crippen LogP contribution in [0.2, 0.25) is 0 Å². The molecule has 3 rings (SSSR count). The second-order valence-corrected chi connectivity index (χ2v) is 7.86. The van der Waals surface area contributed by atoms with Crippen molar-refractivity contribution in [3.8, 4) is 0 Å². The number of aryl methyl sites for hydroxylation is 1. The van der Waals surface area contributed by atoms with E-state index in [1.165, 1.54) is 24.2 Å². The van der Waals surface area contributed by atoms with Crippen LogP contribution in [-0.4, -0.2) is 22.0 Å². The highest BCUT2D eigenvalue weighted by molar-refractivity contribution is 7.15. The molecule has 1 aliphatic carbocycles. The van der Waals surface area contributed by atoms with E-state index in [1.807, 2.05) is 0 Å². The van der Waals surface area contributed by atoms with E-state index in [0.29, 0.717) is 22.3 Å². The SMILES string of the molecule is CCCCCc1nnc(NC(=O)c2ccc(NC(=O)C3CC3C)cc2)s1. The maximum atomic E-state index is 12.3. The predicted octanol–water partition coefficient (Wildman–Crippen LogP) is 4.12. The van der Waals surface area contributed by atoms with Crippen LogP contribution in [0.5, 0.6) is 0 Å². The van der Waals surface area contributed by atoms with Crippen LogP contribution in [0, 0.1) is 11.8 Å². The highest BCUT2D eigenvalue weighted by Crippen LogP contribution is 2.38. The van der Waals surface area contributed by atoms with Gasteiger partial charge in [0.2, 0.25) is 11.0 Å². The molecule has 1 aromatic heterocycles. The first-order valence-corrected chi connectivity index (χ1v) is 9.93. The van der Waals surface area contributed by atoms with Gasteiger partial charge < -0.3 is 5.32 Å². The molecule has 1 saturated carbocycles. The maximum absolute atomic E-state index is 12.3. The molecule has 2 aromatic rings. The Hall–Kier alpha value is -2.28. The van der Waals surface area contributed by atoms with Crippen LogP contribution in [0.25, 0.3) is 0 Å². The number of nitrogens with one attached hydrogen (secondary N) is 2. The Morgan fingerprint density at radius 1 is 1.15 bits per heavy atom. The van der Waals surface area contributed by atoms with Gasteiger partial charge in [-0.05, 0) is 43.0 Å². The van der Waals surface area contributed by atoms with Crippen LogP contribution in [0.15, 0.2) is 24.3 Å². The summed E-state index contributed by atoms with van der Waals surface area (Å²) in [7, 11) is 0. The van der Waals surface area contributed by atoms with Gasteiger partial charge in [-0.1, -0.05) is 38.0 Å². The van der Waals surface area contributed by atoms with E-state index in [4.69, 9.17) is 0 Å². The fourth-order valence-electron chi connectivity index (χ4n) is 2.73. The van der Waals surface area contributed by atoms with Gasteiger partial charge >= 0.3 is 0 Å². The Labute approximate surface area is 157 Å². The number of aromatic nitrogens is 2. The highest BCUT2D eigenvalue weighted by atomic mass is 32.1. The number of hydrogen-bond acceptors (Lipinski definition) is 5. The third-order valence-corrected chi connectivity index (χ3v) is 5.44. The van der Waals surface area contributed by atoms with Gasteiger partial charge in [-0.2, -0.15) is 0 Å². The van der Waals surface area contributed by atoms with Crippen LogP contribution < -0.4 is 10.6 Å². The summed E-state index contributed by atoms with van der Waals surface area (Å²) in [6.07, 6.45) is 5.28. The zero-order valence-electron chi connectivity index (χ0n) is 15.1. The van der Waals surface area contributed by atoms with Gasteiger partial charge in [-0.15, -0.1) is 10.2 Å². The lowest BCUT2D eigenvalue weighted by Crippen LogP contribution is -2.15. The summed E-state index contributed by atoms with van der Waals surface area (Å²) in [5.74, 6) is 0.426. The molecule has 2 atom stereocenters. The van der Waals surface area contributed by atoms with Gasteiger partial charge in [0.25, 0.3) is 5.91 Å². The number of carbonyl (C=O) groups excluding carboxylic acids is 2. The molecule has 2 N–H and O–H groups in total. The molecule has 0 radical (unpaired) electrons. The molecule has 0 aliphatic heterocycles. The molecule has 0 saturated heterocycles. The van der Waals surface area contributed by atoms with E-state index in [0.717, 1.165) is 24.3 Å². The fraction of sp³-hybridized carbons (Fsp3) is 0.474. The average Bonchev–Trinajstić information content (AvgIpc) is 3.20. The van der Waals surface area contributed by atoms with Gasteiger partial charge in [0.05, 0.1) is 0 Å². The van der Waals surface area contributed by atoms with Crippen molar-refractivity contribution < 1.29 is 9.59 Å².